The quantitative estimate of drug-likeness (QED) is 0.380. The summed E-state index contributed by atoms with van der Waals surface area (Å²) in [7, 11) is 0. The van der Waals surface area contributed by atoms with E-state index >= 15 is 0 Å². The number of halogens is 1. The zero-order chi connectivity index (χ0) is 10.8. The number of alkyl halides is 1. The van der Waals surface area contributed by atoms with Crippen LogP contribution >= 0.6 is 15.9 Å². The molecule has 0 bridgehead atoms. The molecule has 0 N–H and O–H groups in total. The first-order chi connectivity index (χ1) is 6.70. The second-order valence-electron chi connectivity index (χ2n) is 3.56. The summed E-state index contributed by atoms with van der Waals surface area (Å²) in [6.07, 6.45) is 6.81. The van der Waals surface area contributed by atoms with Crippen molar-refractivity contribution >= 4 is 21.9 Å². The van der Waals surface area contributed by atoms with Crippen LogP contribution in [0.5, 0.6) is 0 Å². The minimum Gasteiger partial charge on any atom is -0.463 e. The van der Waals surface area contributed by atoms with Crippen molar-refractivity contribution in [3.63, 3.8) is 0 Å². The highest BCUT2D eigenvalue weighted by molar-refractivity contribution is 9.09. The molecule has 0 saturated carbocycles. The zero-order valence-corrected chi connectivity index (χ0v) is 10.8. The Bertz CT molecular complexity index is 148. The predicted molar refractivity (Wildman–Crippen MR) is 62.7 cm³/mol. The Morgan fingerprint density at radius 1 is 1.29 bits per heavy atom. The van der Waals surface area contributed by atoms with Gasteiger partial charge in [-0.3, -0.25) is 4.79 Å². The molecule has 0 aromatic heterocycles. The topological polar surface area (TPSA) is 26.3 Å². The van der Waals surface area contributed by atoms with Crippen LogP contribution in [0.1, 0.15) is 52.4 Å². The summed E-state index contributed by atoms with van der Waals surface area (Å²) < 4.78 is 5.22. The van der Waals surface area contributed by atoms with Crippen LogP contribution in [0, 0.1) is 0 Å². The summed E-state index contributed by atoms with van der Waals surface area (Å²) in [5.41, 5.74) is 0. The number of hydrogen-bond donors (Lipinski definition) is 0. The minimum absolute atomic E-state index is 0.146. The Morgan fingerprint density at radius 2 is 2.00 bits per heavy atom. The third-order valence-corrected chi connectivity index (χ3v) is 2.66. The van der Waals surface area contributed by atoms with Crippen molar-refractivity contribution < 1.29 is 9.53 Å². The number of carbonyl (C=O) groups excluding carboxylic acids is 1. The molecule has 0 radical (unpaired) electrons. The van der Waals surface area contributed by atoms with Crippen LogP contribution in [0.2, 0.25) is 0 Å². The van der Waals surface area contributed by atoms with Crippen molar-refractivity contribution in [3.8, 4) is 0 Å². The molecule has 0 spiro atoms. The Hall–Kier alpha value is -0.0500. The number of esters is 1. The molecule has 0 fully saturated rings. The summed E-state index contributed by atoms with van der Waals surface area (Å²) in [5, 5.41) is 1.07. The highest BCUT2D eigenvalue weighted by Crippen LogP contribution is 2.12. The number of carbonyl (C=O) groups is 1. The number of hydrogen-bond acceptors (Lipinski definition) is 2. The average Bonchev–Trinajstić information content (AvgIpc) is 2.12. The lowest BCUT2D eigenvalue weighted by molar-refractivity contribution is -0.147. The molecule has 0 aliphatic rings. The number of ether oxygens (including phenoxy) is 1. The first-order valence-corrected chi connectivity index (χ1v) is 6.56. The van der Waals surface area contributed by atoms with Crippen LogP contribution in [-0.2, 0) is 9.53 Å². The number of rotatable bonds is 8. The molecule has 0 aliphatic carbocycles. The minimum atomic E-state index is -0.149. The summed E-state index contributed by atoms with van der Waals surface area (Å²) in [4.78, 5) is 10.8. The summed E-state index contributed by atoms with van der Waals surface area (Å²) in [6, 6.07) is 0. The smallest absolute Gasteiger partial charge is 0.302 e. The standard InChI is InChI=1S/C11H21BrO2/c1-3-7-11(14-10(2)13)8-5-4-6-9-12/h11H,3-9H2,1-2H3. The van der Waals surface area contributed by atoms with Gasteiger partial charge in [0, 0.05) is 12.3 Å². The molecule has 0 rings (SSSR count). The molecule has 0 aliphatic heterocycles. The van der Waals surface area contributed by atoms with Gasteiger partial charge in [0.1, 0.15) is 6.10 Å². The Morgan fingerprint density at radius 3 is 2.50 bits per heavy atom. The second kappa shape index (κ2) is 9.50. The summed E-state index contributed by atoms with van der Waals surface area (Å²) in [5.74, 6) is -0.149. The largest absolute Gasteiger partial charge is 0.463 e. The summed E-state index contributed by atoms with van der Waals surface area (Å²) >= 11 is 3.40. The van der Waals surface area contributed by atoms with Gasteiger partial charge in [0.25, 0.3) is 0 Å². The van der Waals surface area contributed by atoms with Crippen molar-refractivity contribution in [1.82, 2.24) is 0 Å². The maximum Gasteiger partial charge on any atom is 0.302 e. The highest BCUT2D eigenvalue weighted by Gasteiger charge is 2.09. The Labute approximate surface area is 95.5 Å². The van der Waals surface area contributed by atoms with Crippen LogP contribution in [-0.4, -0.2) is 17.4 Å². The predicted octanol–water partition coefficient (Wildman–Crippen LogP) is 3.67. The van der Waals surface area contributed by atoms with Crippen molar-refractivity contribution in [2.24, 2.45) is 0 Å². The Kier molecular flexibility index (Phi) is 9.47. The van der Waals surface area contributed by atoms with Gasteiger partial charge in [0.15, 0.2) is 0 Å². The molecule has 0 saturated heterocycles. The van der Waals surface area contributed by atoms with Gasteiger partial charge in [-0.1, -0.05) is 35.7 Å². The van der Waals surface area contributed by atoms with E-state index in [4.69, 9.17) is 4.74 Å². The number of unbranched alkanes of at least 4 members (excludes halogenated alkanes) is 2. The SMILES string of the molecule is CCCC(CCCCCBr)OC(C)=O. The first-order valence-electron chi connectivity index (χ1n) is 5.43. The molecule has 14 heavy (non-hydrogen) atoms. The Balaban J connectivity index is 3.56. The van der Waals surface area contributed by atoms with Crippen LogP contribution < -0.4 is 0 Å². The van der Waals surface area contributed by atoms with E-state index in [1.54, 1.807) is 0 Å². The fourth-order valence-electron chi connectivity index (χ4n) is 1.46. The van der Waals surface area contributed by atoms with Crippen LogP contribution in [0.15, 0.2) is 0 Å². The van der Waals surface area contributed by atoms with Crippen LogP contribution in [0.25, 0.3) is 0 Å². The van der Waals surface area contributed by atoms with E-state index < -0.39 is 0 Å². The van der Waals surface area contributed by atoms with E-state index in [0.717, 1.165) is 31.0 Å². The second-order valence-corrected chi connectivity index (χ2v) is 4.35. The van der Waals surface area contributed by atoms with Gasteiger partial charge in [-0.25, -0.2) is 0 Å². The van der Waals surface area contributed by atoms with Gasteiger partial charge in [-0.05, 0) is 25.7 Å². The van der Waals surface area contributed by atoms with E-state index in [-0.39, 0.29) is 12.1 Å². The van der Waals surface area contributed by atoms with Gasteiger partial charge in [0.05, 0.1) is 0 Å². The van der Waals surface area contributed by atoms with Gasteiger partial charge in [-0.15, -0.1) is 0 Å². The molecule has 1 atom stereocenters. The first kappa shape index (κ1) is 13.9. The maximum atomic E-state index is 10.8. The van der Waals surface area contributed by atoms with Gasteiger partial charge >= 0.3 is 5.97 Å². The molecule has 1 unspecified atom stereocenters. The van der Waals surface area contributed by atoms with E-state index in [9.17, 15) is 4.79 Å². The van der Waals surface area contributed by atoms with E-state index in [1.807, 2.05) is 0 Å². The molecular formula is C11H21BrO2. The molecule has 0 amide bonds. The molecule has 84 valence electrons. The molecule has 3 heteroatoms. The van der Waals surface area contributed by atoms with E-state index in [1.165, 1.54) is 19.8 Å². The third-order valence-electron chi connectivity index (χ3n) is 2.10. The lowest BCUT2D eigenvalue weighted by Gasteiger charge is -2.15. The van der Waals surface area contributed by atoms with Gasteiger partial charge in [-0.2, -0.15) is 0 Å². The van der Waals surface area contributed by atoms with Crippen molar-refractivity contribution in [2.75, 3.05) is 5.33 Å². The average molecular weight is 265 g/mol. The van der Waals surface area contributed by atoms with Crippen molar-refractivity contribution in [3.05, 3.63) is 0 Å². The normalized spacial score (nSPS) is 12.5. The van der Waals surface area contributed by atoms with E-state index in [0.29, 0.717) is 0 Å². The van der Waals surface area contributed by atoms with Gasteiger partial charge in [0.2, 0.25) is 0 Å². The lowest BCUT2D eigenvalue weighted by atomic mass is 10.1. The summed E-state index contributed by atoms with van der Waals surface area (Å²) in [6.45, 7) is 3.61. The fraction of sp³-hybridized carbons (Fsp3) is 0.909. The molecule has 0 aromatic carbocycles. The molecule has 2 nitrogen and oxygen atoms in total. The van der Waals surface area contributed by atoms with Crippen molar-refractivity contribution in [1.29, 1.82) is 0 Å². The zero-order valence-electron chi connectivity index (χ0n) is 9.22. The fourth-order valence-corrected chi connectivity index (χ4v) is 1.86. The van der Waals surface area contributed by atoms with Crippen LogP contribution in [0.4, 0.5) is 0 Å². The van der Waals surface area contributed by atoms with Crippen LogP contribution in [0.3, 0.4) is 0 Å². The molecule has 0 heterocycles. The maximum absolute atomic E-state index is 10.8. The monoisotopic (exact) mass is 264 g/mol. The lowest BCUT2D eigenvalue weighted by Crippen LogP contribution is -2.15. The van der Waals surface area contributed by atoms with Crippen molar-refractivity contribution in [2.45, 2.75) is 58.5 Å². The van der Waals surface area contributed by atoms with E-state index in [2.05, 4.69) is 22.9 Å². The van der Waals surface area contributed by atoms with Gasteiger partial charge < -0.3 is 4.74 Å². The molecular weight excluding hydrogens is 244 g/mol. The highest BCUT2D eigenvalue weighted by atomic mass is 79.9. The third kappa shape index (κ3) is 8.54. The molecule has 0 aromatic rings.